The number of hydrogen-bond acceptors (Lipinski definition) is 2. The summed E-state index contributed by atoms with van der Waals surface area (Å²) in [6.07, 6.45) is 0. The summed E-state index contributed by atoms with van der Waals surface area (Å²) in [6.45, 7) is 4.69. The maximum Gasteiger partial charge on any atom is 0.0991 e. The summed E-state index contributed by atoms with van der Waals surface area (Å²) in [7, 11) is 0. The van der Waals surface area contributed by atoms with E-state index < -0.39 is 0 Å². The molecule has 0 N–H and O–H groups in total. The zero-order valence-corrected chi connectivity index (χ0v) is 30.1. The Morgan fingerprint density at radius 1 is 0.500 bits per heavy atom. The quantitative estimate of drug-likeness (QED) is 0.180. The summed E-state index contributed by atoms with van der Waals surface area (Å²) in [4.78, 5) is 5.18. The predicted molar refractivity (Wildman–Crippen MR) is 223 cm³/mol. The van der Waals surface area contributed by atoms with Crippen molar-refractivity contribution in [3.8, 4) is 67.7 Å². The van der Waals surface area contributed by atoms with Crippen molar-refractivity contribution < 1.29 is 0 Å². The second kappa shape index (κ2) is 12.3. The molecule has 0 spiro atoms. The van der Waals surface area contributed by atoms with Crippen LogP contribution in [-0.4, -0.2) is 9.55 Å². The number of nitriles is 1. The average Bonchev–Trinajstić information content (AvgIpc) is 3.69. The second-order valence-electron chi connectivity index (χ2n) is 14.7. The highest BCUT2D eigenvalue weighted by Gasteiger charge is 2.37. The molecule has 0 unspecified atom stereocenters. The van der Waals surface area contributed by atoms with E-state index in [1.54, 1.807) is 0 Å². The molecule has 7 aromatic carbocycles. The van der Waals surface area contributed by atoms with Crippen LogP contribution in [0.15, 0.2) is 176 Å². The molecule has 0 saturated heterocycles. The van der Waals surface area contributed by atoms with Gasteiger partial charge in [0, 0.05) is 33.0 Å². The van der Waals surface area contributed by atoms with Crippen molar-refractivity contribution in [3.05, 3.63) is 193 Å². The molecule has 10 rings (SSSR count). The summed E-state index contributed by atoms with van der Waals surface area (Å²) < 4.78 is 2.43. The zero-order valence-electron chi connectivity index (χ0n) is 30.1. The van der Waals surface area contributed by atoms with Crippen LogP contribution in [0.1, 0.15) is 30.5 Å². The van der Waals surface area contributed by atoms with Gasteiger partial charge in [0.15, 0.2) is 0 Å². The fourth-order valence-electron chi connectivity index (χ4n) is 8.58. The first-order valence-electron chi connectivity index (χ1n) is 18.4. The van der Waals surface area contributed by atoms with Crippen LogP contribution in [0.2, 0.25) is 0 Å². The van der Waals surface area contributed by atoms with Crippen molar-refractivity contribution in [1.82, 2.24) is 9.55 Å². The highest BCUT2D eigenvalue weighted by atomic mass is 15.0. The van der Waals surface area contributed by atoms with Crippen LogP contribution < -0.4 is 0 Å². The van der Waals surface area contributed by atoms with Gasteiger partial charge in [-0.25, -0.2) is 4.98 Å². The molecule has 1 aliphatic rings. The Kier molecular flexibility index (Phi) is 7.22. The highest BCUT2D eigenvalue weighted by Crippen LogP contribution is 2.53. The molecule has 0 amide bonds. The van der Waals surface area contributed by atoms with Crippen LogP contribution >= 0.6 is 0 Å². The van der Waals surface area contributed by atoms with Gasteiger partial charge in [0.05, 0.1) is 34.1 Å². The molecule has 0 aliphatic heterocycles. The lowest BCUT2D eigenvalue weighted by atomic mass is 9.82. The largest absolute Gasteiger partial charge is 0.309 e. The standard InChI is InChI=1S/C51H35N3/c1-51(2)43-22-11-9-20-41(43)49-44(51)24-25-48-50(49)42-21-10-12-23-47(42)54(48)40-28-37(36-19-13-14-33(26-36)32-52)27-38(29-40)39-30-45(34-15-5-3-6-16-34)53-46(31-39)35-17-7-4-8-18-35/h3-31H,1-2H3. The van der Waals surface area contributed by atoms with Gasteiger partial charge in [-0.1, -0.05) is 135 Å². The van der Waals surface area contributed by atoms with E-state index in [2.05, 4.69) is 170 Å². The van der Waals surface area contributed by atoms with Crippen LogP contribution in [-0.2, 0) is 5.41 Å². The van der Waals surface area contributed by atoms with E-state index in [4.69, 9.17) is 4.98 Å². The SMILES string of the molecule is CC1(C)c2ccccc2-c2c1ccc1c2c2ccccc2n1-c1cc(-c2cccc(C#N)c2)cc(-c2cc(-c3ccccc3)nc(-c3ccccc3)c2)c1. The van der Waals surface area contributed by atoms with E-state index in [1.165, 1.54) is 38.5 Å². The minimum absolute atomic E-state index is 0.101. The van der Waals surface area contributed by atoms with Crippen molar-refractivity contribution in [2.45, 2.75) is 19.3 Å². The molecule has 254 valence electrons. The smallest absolute Gasteiger partial charge is 0.0991 e. The van der Waals surface area contributed by atoms with Crippen LogP contribution in [0.3, 0.4) is 0 Å². The zero-order chi connectivity index (χ0) is 36.4. The molecule has 1 aliphatic carbocycles. The van der Waals surface area contributed by atoms with E-state index in [0.717, 1.165) is 56.0 Å². The summed E-state index contributed by atoms with van der Waals surface area (Å²) >= 11 is 0. The Labute approximate surface area is 315 Å². The average molecular weight is 690 g/mol. The first kappa shape index (κ1) is 31.7. The highest BCUT2D eigenvalue weighted by molar-refractivity contribution is 6.18. The van der Waals surface area contributed by atoms with E-state index in [0.29, 0.717) is 5.56 Å². The number of aromatic nitrogens is 2. The first-order valence-corrected chi connectivity index (χ1v) is 18.4. The maximum atomic E-state index is 9.88. The number of benzene rings is 7. The van der Waals surface area contributed by atoms with Gasteiger partial charge in [-0.15, -0.1) is 0 Å². The van der Waals surface area contributed by atoms with Gasteiger partial charge in [0.2, 0.25) is 0 Å². The van der Waals surface area contributed by atoms with Crippen molar-refractivity contribution in [1.29, 1.82) is 5.26 Å². The molecule has 0 bridgehead atoms. The maximum absolute atomic E-state index is 9.88. The van der Waals surface area contributed by atoms with Gasteiger partial charge in [-0.3, -0.25) is 0 Å². The third kappa shape index (κ3) is 4.99. The van der Waals surface area contributed by atoms with Gasteiger partial charge in [-0.05, 0) is 99.1 Å². The van der Waals surface area contributed by atoms with Crippen molar-refractivity contribution in [2.75, 3.05) is 0 Å². The number of pyridine rings is 1. The lowest BCUT2D eigenvalue weighted by Gasteiger charge is -2.21. The molecule has 54 heavy (non-hydrogen) atoms. The molecular weight excluding hydrogens is 655 g/mol. The van der Waals surface area contributed by atoms with Crippen LogP contribution in [0.25, 0.3) is 83.4 Å². The lowest BCUT2D eigenvalue weighted by Crippen LogP contribution is -2.14. The van der Waals surface area contributed by atoms with Crippen LogP contribution in [0.5, 0.6) is 0 Å². The minimum atomic E-state index is -0.101. The van der Waals surface area contributed by atoms with E-state index in [1.807, 2.05) is 30.3 Å². The van der Waals surface area contributed by atoms with E-state index in [9.17, 15) is 5.26 Å². The molecule has 9 aromatic rings. The van der Waals surface area contributed by atoms with Crippen molar-refractivity contribution in [3.63, 3.8) is 0 Å². The van der Waals surface area contributed by atoms with Gasteiger partial charge < -0.3 is 4.57 Å². The first-order chi connectivity index (χ1) is 26.5. The molecule has 0 radical (unpaired) electrons. The predicted octanol–water partition coefficient (Wildman–Crippen LogP) is 13.0. The number of para-hydroxylation sites is 1. The second-order valence-corrected chi connectivity index (χ2v) is 14.7. The number of nitrogens with zero attached hydrogens (tertiary/aromatic N) is 3. The van der Waals surface area contributed by atoms with Gasteiger partial charge in [0.25, 0.3) is 0 Å². The third-order valence-electron chi connectivity index (χ3n) is 11.2. The fourth-order valence-corrected chi connectivity index (χ4v) is 8.58. The molecule has 2 aromatic heterocycles. The monoisotopic (exact) mass is 689 g/mol. The number of fused-ring (bicyclic) bond motifs is 7. The van der Waals surface area contributed by atoms with Gasteiger partial charge in [-0.2, -0.15) is 5.26 Å². The Balaban J connectivity index is 1.28. The Bertz CT molecular complexity index is 2900. The van der Waals surface area contributed by atoms with Gasteiger partial charge in [0.1, 0.15) is 0 Å². The molecule has 0 atom stereocenters. The van der Waals surface area contributed by atoms with Crippen molar-refractivity contribution >= 4 is 21.8 Å². The topological polar surface area (TPSA) is 41.6 Å². The number of rotatable bonds is 5. The summed E-state index contributed by atoms with van der Waals surface area (Å²) in [5.41, 5.74) is 17.4. The minimum Gasteiger partial charge on any atom is -0.309 e. The van der Waals surface area contributed by atoms with E-state index >= 15 is 0 Å². The lowest BCUT2D eigenvalue weighted by molar-refractivity contribution is 0.661. The van der Waals surface area contributed by atoms with Crippen LogP contribution in [0, 0.1) is 11.3 Å². The van der Waals surface area contributed by atoms with Crippen LogP contribution in [0.4, 0.5) is 0 Å². The third-order valence-corrected chi connectivity index (χ3v) is 11.2. The normalized spacial score (nSPS) is 12.8. The van der Waals surface area contributed by atoms with Crippen molar-refractivity contribution in [2.24, 2.45) is 0 Å². The molecule has 3 nitrogen and oxygen atoms in total. The number of hydrogen-bond donors (Lipinski definition) is 0. The molecule has 3 heteroatoms. The van der Waals surface area contributed by atoms with Gasteiger partial charge >= 0.3 is 0 Å². The Morgan fingerprint density at radius 3 is 1.83 bits per heavy atom. The molecule has 0 saturated carbocycles. The summed E-state index contributed by atoms with van der Waals surface area (Å²) in [6, 6.07) is 64.6. The molecule has 2 heterocycles. The summed E-state index contributed by atoms with van der Waals surface area (Å²) in [5, 5.41) is 12.4. The Hall–Kier alpha value is -7.02. The molecular formula is C51H35N3. The Morgan fingerprint density at radius 2 is 1.11 bits per heavy atom. The van der Waals surface area contributed by atoms with E-state index in [-0.39, 0.29) is 5.41 Å². The summed E-state index contributed by atoms with van der Waals surface area (Å²) in [5.74, 6) is 0. The fraction of sp³-hybridized carbons (Fsp3) is 0.0588. The molecule has 0 fully saturated rings.